The van der Waals surface area contributed by atoms with Gasteiger partial charge in [0, 0.05) is 31.0 Å². The number of hydrogen-bond acceptors (Lipinski definition) is 4. The van der Waals surface area contributed by atoms with Crippen LogP contribution in [0.4, 0.5) is 5.82 Å². The summed E-state index contributed by atoms with van der Waals surface area (Å²) in [5.74, 6) is 1.57. The van der Waals surface area contributed by atoms with Gasteiger partial charge in [0.1, 0.15) is 11.0 Å². The molecule has 1 atom stereocenters. The zero-order valence-corrected chi connectivity index (χ0v) is 14.7. The number of anilines is 1. The maximum atomic E-state index is 12.6. The van der Waals surface area contributed by atoms with Gasteiger partial charge in [-0.1, -0.05) is 25.4 Å². The van der Waals surface area contributed by atoms with Crippen LogP contribution < -0.4 is 5.32 Å². The van der Waals surface area contributed by atoms with Crippen molar-refractivity contribution in [2.75, 3.05) is 30.9 Å². The molecule has 0 aliphatic carbocycles. The molecule has 0 aliphatic heterocycles. The van der Waals surface area contributed by atoms with Gasteiger partial charge in [-0.3, -0.25) is 4.79 Å². The van der Waals surface area contributed by atoms with Gasteiger partial charge in [0.15, 0.2) is 0 Å². The van der Waals surface area contributed by atoms with Crippen molar-refractivity contribution in [2.24, 2.45) is 0 Å². The third-order valence-electron chi connectivity index (χ3n) is 3.30. The summed E-state index contributed by atoms with van der Waals surface area (Å²) in [4.78, 5) is 18.6. The highest BCUT2D eigenvalue weighted by Gasteiger charge is 2.20. The smallest absolute Gasteiger partial charge is 0.254 e. The molecule has 1 heterocycles. The topological polar surface area (TPSA) is 45.2 Å². The molecule has 0 aliphatic rings. The van der Waals surface area contributed by atoms with Crippen LogP contribution in [0.3, 0.4) is 0 Å². The minimum absolute atomic E-state index is 0.0141. The van der Waals surface area contributed by atoms with Crippen molar-refractivity contribution in [2.45, 2.75) is 32.7 Å². The Balaban J connectivity index is 2.92. The first-order chi connectivity index (χ1) is 10.0. The van der Waals surface area contributed by atoms with Gasteiger partial charge in [0.25, 0.3) is 5.91 Å². The molecule has 1 aromatic rings. The van der Waals surface area contributed by atoms with E-state index in [4.69, 9.17) is 11.6 Å². The number of aromatic nitrogens is 1. The fraction of sp³-hybridized carbons (Fsp3) is 0.600. The quantitative estimate of drug-likeness (QED) is 0.737. The number of nitrogens with zero attached hydrogens (tertiary/aromatic N) is 2. The summed E-state index contributed by atoms with van der Waals surface area (Å²) < 4.78 is 0. The van der Waals surface area contributed by atoms with Gasteiger partial charge < -0.3 is 10.2 Å². The van der Waals surface area contributed by atoms with Crippen LogP contribution in [0.2, 0.25) is 5.15 Å². The van der Waals surface area contributed by atoms with E-state index in [-0.39, 0.29) is 11.9 Å². The van der Waals surface area contributed by atoms with Gasteiger partial charge in [-0.15, -0.1) is 0 Å². The number of pyridine rings is 1. The van der Waals surface area contributed by atoms with E-state index in [1.165, 1.54) is 0 Å². The first-order valence-electron chi connectivity index (χ1n) is 7.21. The first kappa shape index (κ1) is 18.1. The number of rotatable bonds is 8. The van der Waals surface area contributed by atoms with Crippen LogP contribution in [0.15, 0.2) is 12.1 Å². The molecular weight excluding hydrogens is 306 g/mol. The Morgan fingerprint density at radius 2 is 2.19 bits per heavy atom. The Morgan fingerprint density at radius 3 is 2.76 bits per heavy atom. The fourth-order valence-electron chi connectivity index (χ4n) is 2.03. The highest BCUT2D eigenvalue weighted by molar-refractivity contribution is 7.98. The second kappa shape index (κ2) is 9.15. The second-order valence-corrected chi connectivity index (χ2v) is 6.22. The number of amides is 1. The van der Waals surface area contributed by atoms with E-state index >= 15 is 0 Å². The lowest BCUT2D eigenvalue weighted by molar-refractivity contribution is 0.0743. The maximum Gasteiger partial charge on any atom is 0.254 e. The van der Waals surface area contributed by atoms with Crippen molar-refractivity contribution in [3.05, 3.63) is 22.8 Å². The molecule has 1 unspecified atom stereocenters. The van der Waals surface area contributed by atoms with E-state index < -0.39 is 0 Å². The van der Waals surface area contributed by atoms with Gasteiger partial charge >= 0.3 is 0 Å². The minimum atomic E-state index is -0.0141. The van der Waals surface area contributed by atoms with Crippen LogP contribution in [0.25, 0.3) is 0 Å². The summed E-state index contributed by atoms with van der Waals surface area (Å²) in [6.07, 6.45) is 3.98. The summed E-state index contributed by atoms with van der Waals surface area (Å²) in [5, 5.41) is 3.51. The lowest BCUT2D eigenvalue weighted by atomic mass is 10.1. The van der Waals surface area contributed by atoms with E-state index in [1.54, 1.807) is 28.8 Å². The number of carbonyl (C=O) groups is 1. The summed E-state index contributed by atoms with van der Waals surface area (Å²) in [6.45, 7) is 4.98. The Morgan fingerprint density at radius 1 is 1.48 bits per heavy atom. The number of halogens is 1. The predicted octanol–water partition coefficient (Wildman–Crippen LogP) is 3.77. The molecule has 0 spiro atoms. The van der Waals surface area contributed by atoms with Crippen LogP contribution in [-0.2, 0) is 0 Å². The highest BCUT2D eigenvalue weighted by Crippen LogP contribution is 2.18. The number of nitrogens with one attached hydrogen (secondary N) is 1. The number of carbonyl (C=O) groups excluding carboxylic acids is 1. The van der Waals surface area contributed by atoms with E-state index in [2.05, 4.69) is 30.4 Å². The third kappa shape index (κ3) is 5.40. The highest BCUT2D eigenvalue weighted by atomic mass is 35.5. The van der Waals surface area contributed by atoms with Gasteiger partial charge in [-0.25, -0.2) is 4.98 Å². The van der Waals surface area contributed by atoms with Gasteiger partial charge in [0.05, 0.1) is 0 Å². The Kier molecular flexibility index (Phi) is 7.89. The van der Waals surface area contributed by atoms with Crippen LogP contribution in [0, 0.1) is 0 Å². The second-order valence-electron chi connectivity index (χ2n) is 4.92. The molecule has 0 aromatic carbocycles. The van der Waals surface area contributed by atoms with Crippen molar-refractivity contribution in [1.29, 1.82) is 0 Å². The third-order valence-corrected chi connectivity index (χ3v) is 4.21. The monoisotopic (exact) mass is 329 g/mol. The molecule has 0 saturated carbocycles. The largest absolute Gasteiger partial charge is 0.370 e. The first-order valence-corrected chi connectivity index (χ1v) is 8.98. The van der Waals surface area contributed by atoms with E-state index in [0.29, 0.717) is 16.5 Å². The van der Waals surface area contributed by atoms with Crippen LogP contribution in [0.1, 0.15) is 37.0 Å². The molecular formula is C15H24ClN3OS. The Bertz CT molecular complexity index is 470. The lowest BCUT2D eigenvalue weighted by Crippen LogP contribution is -2.38. The van der Waals surface area contributed by atoms with E-state index in [1.807, 2.05) is 7.05 Å². The van der Waals surface area contributed by atoms with Crippen LogP contribution in [-0.4, -0.2) is 47.4 Å². The summed E-state index contributed by atoms with van der Waals surface area (Å²) in [7, 11) is 1.85. The maximum absolute atomic E-state index is 12.6. The van der Waals surface area contributed by atoms with Crippen LogP contribution in [0.5, 0.6) is 0 Å². The zero-order valence-electron chi connectivity index (χ0n) is 13.1. The molecule has 0 radical (unpaired) electrons. The van der Waals surface area contributed by atoms with Crippen LogP contribution >= 0.6 is 23.4 Å². The van der Waals surface area contributed by atoms with Crippen molar-refractivity contribution in [3.63, 3.8) is 0 Å². The molecule has 1 aromatic heterocycles. The molecule has 1 rings (SSSR count). The van der Waals surface area contributed by atoms with Crippen molar-refractivity contribution >= 4 is 35.1 Å². The van der Waals surface area contributed by atoms with Crippen molar-refractivity contribution in [1.82, 2.24) is 9.88 Å². The average Bonchev–Trinajstić information content (AvgIpc) is 2.48. The average molecular weight is 330 g/mol. The molecule has 118 valence electrons. The number of hydrogen-bond donors (Lipinski definition) is 1. The van der Waals surface area contributed by atoms with Crippen molar-refractivity contribution < 1.29 is 4.79 Å². The van der Waals surface area contributed by atoms with Crippen molar-refractivity contribution in [3.8, 4) is 0 Å². The Hall–Kier alpha value is -0.940. The lowest BCUT2D eigenvalue weighted by Gasteiger charge is -2.27. The molecule has 1 amide bonds. The Labute approximate surface area is 136 Å². The minimum Gasteiger partial charge on any atom is -0.370 e. The SMILES string of the molecule is CCCNc1cc(C(=O)N(C)C(CC)CSC)cc(Cl)n1. The standard InChI is InChI=1S/C15H24ClN3OS/c1-5-7-17-14-9-11(8-13(16)18-14)15(20)19(3)12(6-2)10-21-4/h8-9,12H,5-7,10H2,1-4H3,(H,17,18). The van der Waals surface area contributed by atoms with E-state index in [0.717, 1.165) is 25.1 Å². The zero-order chi connectivity index (χ0) is 15.8. The summed E-state index contributed by atoms with van der Waals surface area (Å²) >= 11 is 7.77. The molecule has 6 heteroatoms. The number of thioether (sulfide) groups is 1. The van der Waals surface area contributed by atoms with Gasteiger partial charge in [0.2, 0.25) is 0 Å². The predicted molar refractivity (Wildman–Crippen MR) is 92.6 cm³/mol. The summed E-state index contributed by atoms with van der Waals surface area (Å²) in [6, 6.07) is 3.63. The molecule has 0 fully saturated rings. The molecule has 0 bridgehead atoms. The molecule has 1 N–H and O–H groups in total. The molecule has 4 nitrogen and oxygen atoms in total. The van der Waals surface area contributed by atoms with Gasteiger partial charge in [-0.2, -0.15) is 11.8 Å². The fourth-order valence-corrected chi connectivity index (χ4v) is 3.08. The molecule has 0 saturated heterocycles. The summed E-state index contributed by atoms with van der Waals surface area (Å²) in [5.41, 5.74) is 0.579. The van der Waals surface area contributed by atoms with E-state index in [9.17, 15) is 4.79 Å². The normalized spacial score (nSPS) is 12.0. The van der Waals surface area contributed by atoms with Gasteiger partial charge in [-0.05, 0) is 31.2 Å². The molecule has 21 heavy (non-hydrogen) atoms.